The maximum absolute atomic E-state index is 11.0. The Morgan fingerprint density at radius 2 is 2.10 bits per heavy atom. The molecule has 0 saturated carbocycles. The fourth-order valence-electron chi connectivity index (χ4n) is 2.13. The van der Waals surface area contributed by atoms with E-state index in [-0.39, 0.29) is 5.56 Å². The highest BCUT2D eigenvalue weighted by Crippen LogP contribution is 2.23. The lowest BCUT2D eigenvalue weighted by atomic mass is 10.3. The van der Waals surface area contributed by atoms with Crippen molar-refractivity contribution in [2.24, 2.45) is 0 Å². The highest BCUT2D eigenvalue weighted by molar-refractivity contribution is 9.10. The first-order valence-electron chi connectivity index (χ1n) is 6.49. The zero-order chi connectivity index (χ0) is 14.9. The first kappa shape index (κ1) is 14.8. The molecule has 0 aromatic carbocycles. The number of aromatic carboxylic acids is 1. The molecule has 0 fully saturated rings. The second-order valence-corrected chi connectivity index (χ2v) is 5.30. The summed E-state index contributed by atoms with van der Waals surface area (Å²) in [6, 6.07) is 0. The fourth-order valence-corrected chi connectivity index (χ4v) is 2.82. The van der Waals surface area contributed by atoms with Gasteiger partial charge < -0.3 is 5.11 Å². The van der Waals surface area contributed by atoms with Crippen molar-refractivity contribution in [3.63, 3.8) is 0 Å². The lowest BCUT2D eigenvalue weighted by Crippen LogP contribution is -2.09. The molecule has 6 nitrogen and oxygen atoms in total. The van der Waals surface area contributed by atoms with Crippen LogP contribution in [-0.4, -0.2) is 30.6 Å². The van der Waals surface area contributed by atoms with Crippen LogP contribution in [0.5, 0.6) is 0 Å². The van der Waals surface area contributed by atoms with Crippen LogP contribution >= 0.6 is 15.9 Å². The van der Waals surface area contributed by atoms with Crippen molar-refractivity contribution in [2.75, 3.05) is 0 Å². The minimum Gasteiger partial charge on any atom is -0.478 e. The molecule has 2 aromatic heterocycles. The summed E-state index contributed by atoms with van der Waals surface area (Å²) in [5.74, 6) is -0.953. The van der Waals surface area contributed by atoms with Gasteiger partial charge in [-0.05, 0) is 36.2 Å². The Bertz CT molecular complexity index is 645. The Morgan fingerprint density at radius 1 is 1.40 bits per heavy atom. The summed E-state index contributed by atoms with van der Waals surface area (Å²) in [5, 5.41) is 17.8. The molecule has 0 radical (unpaired) electrons. The Morgan fingerprint density at radius 3 is 2.60 bits per heavy atom. The number of nitrogens with zero attached hydrogens (tertiary/aromatic N) is 4. The van der Waals surface area contributed by atoms with Crippen LogP contribution in [0.2, 0.25) is 0 Å². The highest BCUT2D eigenvalue weighted by atomic mass is 79.9. The maximum Gasteiger partial charge on any atom is 0.339 e. The van der Waals surface area contributed by atoms with Crippen molar-refractivity contribution < 1.29 is 9.90 Å². The van der Waals surface area contributed by atoms with Crippen LogP contribution in [-0.2, 0) is 19.5 Å². The second-order valence-electron chi connectivity index (χ2n) is 4.51. The van der Waals surface area contributed by atoms with Gasteiger partial charge in [0.25, 0.3) is 0 Å². The highest BCUT2D eigenvalue weighted by Gasteiger charge is 2.17. The normalized spacial score (nSPS) is 11.0. The molecule has 2 aromatic rings. The molecule has 0 aliphatic carbocycles. The van der Waals surface area contributed by atoms with Gasteiger partial charge in [0.05, 0.1) is 28.1 Å². The quantitative estimate of drug-likeness (QED) is 0.907. The summed E-state index contributed by atoms with van der Waals surface area (Å²) < 4.78 is 4.54. The molecule has 0 unspecified atom stereocenters. The second kappa shape index (κ2) is 5.78. The number of halogens is 1. The third kappa shape index (κ3) is 2.63. The van der Waals surface area contributed by atoms with Crippen LogP contribution < -0.4 is 0 Å². The number of carbonyl (C=O) groups is 1. The van der Waals surface area contributed by atoms with E-state index in [1.165, 1.54) is 0 Å². The first-order valence-corrected chi connectivity index (χ1v) is 7.28. The molecule has 0 aliphatic heterocycles. The number of aromatic nitrogens is 4. The smallest absolute Gasteiger partial charge is 0.339 e. The van der Waals surface area contributed by atoms with Crippen LogP contribution in [0, 0.1) is 6.92 Å². The van der Waals surface area contributed by atoms with E-state index in [2.05, 4.69) is 33.1 Å². The predicted molar refractivity (Wildman–Crippen MR) is 78.0 cm³/mol. The van der Waals surface area contributed by atoms with Crippen LogP contribution in [0.25, 0.3) is 0 Å². The third-order valence-corrected chi connectivity index (χ3v) is 4.10. The van der Waals surface area contributed by atoms with Gasteiger partial charge >= 0.3 is 5.97 Å². The van der Waals surface area contributed by atoms with E-state index in [9.17, 15) is 4.79 Å². The lowest BCUT2D eigenvalue weighted by molar-refractivity contribution is 0.0696. The minimum absolute atomic E-state index is 0.236. The molecule has 108 valence electrons. The van der Waals surface area contributed by atoms with Gasteiger partial charge in [0.2, 0.25) is 0 Å². The number of hydrogen-bond donors (Lipinski definition) is 1. The Labute approximate surface area is 125 Å². The molecule has 0 amide bonds. The number of hydrogen-bond acceptors (Lipinski definition) is 3. The van der Waals surface area contributed by atoms with Crippen molar-refractivity contribution in [2.45, 2.75) is 40.3 Å². The van der Waals surface area contributed by atoms with E-state index in [4.69, 9.17) is 5.11 Å². The topological polar surface area (TPSA) is 72.9 Å². The van der Waals surface area contributed by atoms with E-state index >= 15 is 0 Å². The molecular formula is C13H17BrN4O2. The molecule has 20 heavy (non-hydrogen) atoms. The summed E-state index contributed by atoms with van der Waals surface area (Å²) in [7, 11) is 0. The molecule has 0 bridgehead atoms. The molecule has 0 saturated heterocycles. The molecular weight excluding hydrogens is 324 g/mol. The minimum atomic E-state index is -0.953. The number of carboxylic acid groups (broad SMARTS) is 1. The summed E-state index contributed by atoms with van der Waals surface area (Å²) in [4.78, 5) is 11.0. The first-order chi connectivity index (χ1) is 9.47. The lowest BCUT2D eigenvalue weighted by Gasteiger charge is -2.05. The molecule has 1 N–H and O–H groups in total. The summed E-state index contributed by atoms with van der Waals surface area (Å²) in [6.07, 6.45) is 2.40. The Hall–Kier alpha value is -1.63. The van der Waals surface area contributed by atoms with E-state index in [1.807, 2.05) is 11.6 Å². The monoisotopic (exact) mass is 340 g/mol. The molecule has 2 rings (SSSR count). The predicted octanol–water partition coefficient (Wildman–Crippen LogP) is 2.48. The standard InChI is InChI=1S/C13H17BrN4O2/c1-4-10-12(14)11(18(5-2)16-10)7-17-6-9(13(19)20)8(3)15-17/h6H,4-5,7H2,1-3H3,(H,19,20). The van der Waals surface area contributed by atoms with E-state index in [1.54, 1.807) is 17.8 Å². The summed E-state index contributed by atoms with van der Waals surface area (Å²) in [5.41, 5.74) is 2.76. The van der Waals surface area contributed by atoms with Crippen LogP contribution in [0.4, 0.5) is 0 Å². The van der Waals surface area contributed by atoms with E-state index in [0.717, 1.165) is 28.8 Å². The molecule has 2 heterocycles. The average molecular weight is 341 g/mol. The summed E-state index contributed by atoms with van der Waals surface area (Å²) >= 11 is 3.57. The van der Waals surface area contributed by atoms with Gasteiger partial charge in [-0.25, -0.2) is 4.79 Å². The van der Waals surface area contributed by atoms with Crippen molar-refractivity contribution >= 4 is 21.9 Å². The van der Waals surface area contributed by atoms with Gasteiger partial charge in [0.15, 0.2) is 0 Å². The van der Waals surface area contributed by atoms with Gasteiger partial charge in [-0.2, -0.15) is 10.2 Å². The van der Waals surface area contributed by atoms with Gasteiger partial charge in [-0.3, -0.25) is 9.36 Å². The fraction of sp³-hybridized carbons (Fsp3) is 0.462. The molecule has 7 heteroatoms. The Balaban J connectivity index is 2.37. The van der Waals surface area contributed by atoms with Crippen LogP contribution in [0.15, 0.2) is 10.7 Å². The average Bonchev–Trinajstić information content (AvgIpc) is 2.92. The largest absolute Gasteiger partial charge is 0.478 e. The van der Waals surface area contributed by atoms with Gasteiger partial charge in [-0.15, -0.1) is 0 Å². The number of carboxylic acids is 1. The molecule has 0 spiro atoms. The van der Waals surface area contributed by atoms with E-state index in [0.29, 0.717) is 12.2 Å². The van der Waals surface area contributed by atoms with Crippen molar-refractivity contribution in [3.8, 4) is 0 Å². The Kier molecular flexibility index (Phi) is 4.27. The zero-order valence-electron chi connectivity index (χ0n) is 11.7. The molecule has 0 aliphatic rings. The van der Waals surface area contributed by atoms with E-state index < -0.39 is 5.97 Å². The van der Waals surface area contributed by atoms with Crippen LogP contribution in [0.3, 0.4) is 0 Å². The number of rotatable bonds is 5. The van der Waals surface area contributed by atoms with Crippen LogP contribution in [0.1, 0.15) is 41.3 Å². The van der Waals surface area contributed by atoms with Crippen molar-refractivity contribution in [1.82, 2.24) is 19.6 Å². The SMILES string of the molecule is CCc1nn(CC)c(Cn2cc(C(=O)O)c(C)n2)c1Br. The van der Waals surface area contributed by atoms with Crippen molar-refractivity contribution in [1.29, 1.82) is 0 Å². The number of aryl methyl sites for hydroxylation is 3. The van der Waals surface area contributed by atoms with Crippen molar-refractivity contribution in [3.05, 3.63) is 33.3 Å². The van der Waals surface area contributed by atoms with Gasteiger partial charge in [0, 0.05) is 12.7 Å². The maximum atomic E-state index is 11.0. The van der Waals surface area contributed by atoms with Gasteiger partial charge in [0.1, 0.15) is 5.56 Å². The molecule has 0 atom stereocenters. The third-order valence-electron chi connectivity index (χ3n) is 3.18. The zero-order valence-corrected chi connectivity index (χ0v) is 13.3. The summed E-state index contributed by atoms with van der Waals surface area (Å²) in [6.45, 7) is 7.04. The van der Waals surface area contributed by atoms with Gasteiger partial charge in [-0.1, -0.05) is 6.92 Å².